The van der Waals surface area contributed by atoms with Crippen LogP contribution in [0.1, 0.15) is 48.0 Å². The highest BCUT2D eigenvalue weighted by Gasteiger charge is 2.31. The van der Waals surface area contributed by atoms with Crippen molar-refractivity contribution >= 4 is 23.3 Å². The quantitative estimate of drug-likeness (QED) is 0.342. The van der Waals surface area contributed by atoms with Gasteiger partial charge in [-0.1, -0.05) is 29.8 Å². The number of pyridine rings is 1. The van der Waals surface area contributed by atoms with Crippen molar-refractivity contribution in [1.82, 2.24) is 15.2 Å². The van der Waals surface area contributed by atoms with Crippen LogP contribution in [0.4, 0.5) is 19.0 Å². The number of ether oxygens (including phenoxy) is 1. The van der Waals surface area contributed by atoms with Gasteiger partial charge < -0.3 is 15.0 Å². The lowest BCUT2D eigenvalue weighted by Gasteiger charge is -2.32. The van der Waals surface area contributed by atoms with E-state index in [2.05, 4.69) is 32.0 Å². The molecule has 2 saturated heterocycles. The van der Waals surface area contributed by atoms with Crippen LogP contribution < -0.4 is 15.0 Å². The Labute approximate surface area is 237 Å². The fourth-order valence-corrected chi connectivity index (χ4v) is 5.53. The summed E-state index contributed by atoms with van der Waals surface area (Å²) in [7, 11) is 0. The predicted octanol–water partition coefficient (Wildman–Crippen LogP) is 6.69. The van der Waals surface area contributed by atoms with Gasteiger partial charge in [-0.2, -0.15) is 0 Å². The molecule has 0 atom stereocenters. The van der Waals surface area contributed by atoms with Crippen molar-refractivity contribution in [2.24, 2.45) is 0 Å². The van der Waals surface area contributed by atoms with Crippen LogP contribution >= 0.6 is 11.6 Å². The molecule has 0 unspecified atom stereocenters. The zero-order valence-electron chi connectivity index (χ0n) is 22.1. The van der Waals surface area contributed by atoms with Crippen LogP contribution in [0.25, 0.3) is 11.1 Å². The van der Waals surface area contributed by atoms with Crippen molar-refractivity contribution in [3.8, 4) is 16.9 Å². The van der Waals surface area contributed by atoms with Gasteiger partial charge in [0.1, 0.15) is 11.6 Å². The molecule has 1 aromatic heterocycles. The standard InChI is InChI=1S/C30H32ClF3N4O2/c31-27-10-7-23(18-26(27)22-5-8-25(9-6-22)40-30(32,33)34)29(39)36-24-12-16-37(17-13-24)20-21-4-11-28(35-19-21)38-14-2-1-3-15-38/h4-11,18-19,24H,1-3,12-17,20H2,(H,36,39). The zero-order valence-corrected chi connectivity index (χ0v) is 22.8. The summed E-state index contributed by atoms with van der Waals surface area (Å²) in [5, 5.41) is 3.52. The Bertz CT molecular complexity index is 1290. The van der Waals surface area contributed by atoms with Crippen molar-refractivity contribution in [3.05, 3.63) is 76.9 Å². The van der Waals surface area contributed by atoms with E-state index >= 15 is 0 Å². The van der Waals surface area contributed by atoms with Gasteiger partial charge in [0.15, 0.2) is 0 Å². The Morgan fingerprint density at radius 2 is 1.70 bits per heavy atom. The Balaban J connectivity index is 1.13. The van der Waals surface area contributed by atoms with Crippen molar-refractivity contribution in [2.45, 2.75) is 51.1 Å². The molecule has 2 fully saturated rings. The maximum absolute atomic E-state index is 13.0. The zero-order chi connectivity index (χ0) is 28.1. The second-order valence-electron chi connectivity index (χ2n) is 10.4. The van der Waals surface area contributed by atoms with Crippen LogP contribution in [-0.4, -0.2) is 54.4 Å². The van der Waals surface area contributed by atoms with Gasteiger partial charge in [0.05, 0.1) is 0 Å². The molecule has 0 saturated carbocycles. The minimum Gasteiger partial charge on any atom is -0.406 e. The van der Waals surface area contributed by atoms with Crippen LogP contribution in [0.2, 0.25) is 5.02 Å². The number of hydrogen-bond donors (Lipinski definition) is 1. The Hall–Kier alpha value is -3.30. The highest BCUT2D eigenvalue weighted by atomic mass is 35.5. The number of hydrogen-bond acceptors (Lipinski definition) is 5. The average Bonchev–Trinajstić information content (AvgIpc) is 2.95. The molecule has 0 bridgehead atoms. The molecule has 212 valence electrons. The Morgan fingerprint density at radius 3 is 2.35 bits per heavy atom. The van der Waals surface area contributed by atoms with E-state index in [0.717, 1.165) is 51.4 Å². The smallest absolute Gasteiger partial charge is 0.406 e. The van der Waals surface area contributed by atoms with Crippen LogP contribution in [-0.2, 0) is 6.54 Å². The van der Waals surface area contributed by atoms with Crippen molar-refractivity contribution in [1.29, 1.82) is 0 Å². The molecule has 0 radical (unpaired) electrons. The molecule has 3 heterocycles. The van der Waals surface area contributed by atoms with E-state index in [0.29, 0.717) is 21.7 Å². The summed E-state index contributed by atoms with van der Waals surface area (Å²) in [5.74, 6) is 0.534. The number of piperidine rings is 2. The first-order valence-electron chi connectivity index (χ1n) is 13.6. The number of aromatic nitrogens is 1. The lowest BCUT2D eigenvalue weighted by Crippen LogP contribution is -2.44. The van der Waals surface area contributed by atoms with E-state index in [4.69, 9.17) is 16.6 Å². The summed E-state index contributed by atoms with van der Waals surface area (Å²) in [6.45, 7) is 4.74. The van der Waals surface area contributed by atoms with Gasteiger partial charge in [-0.3, -0.25) is 9.69 Å². The van der Waals surface area contributed by atoms with E-state index in [1.807, 2.05) is 6.20 Å². The van der Waals surface area contributed by atoms with Crippen molar-refractivity contribution in [2.75, 3.05) is 31.1 Å². The van der Waals surface area contributed by atoms with Gasteiger partial charge in [0, 0.05) is 61.1 Å². The second kappa shape index (κ2) is 12.5. The fraction of sp³-hybridized carbons (Fsp3) is 0.400. The van der Waals surface area contributed by atoms with E-state index in [-0.39, 0.29) is 17.7 Å². The molecule has 2 aliphatic heterocycles. The number of carbonyl (C=O) groups is 1. The van der Waals surface area contributed by atoms with Crippen LogP contribution in [0.5, 0.6) is 5.75 Å². The first kappa shape index (κ1) is 28.2. The molecule has 3 aromatic rings. The number of nitrogens with zero attached hydrogens (tertiary/aromatic N) is 3. The third kappa shape index (κ3) is 7.46. The number of benzene rings is 2. The summed E-state index contributed by atoms with van der Waals surface area (Å²) in [6.07, 6.45) is 2.65. The molecular formula is C30H32ClF3N4O2. The third-order valence-electron chi connectivity index (χ3n) is 7.45. The van der Waals surface area contributed by atoms with Gasteiger partial charge in [0.2, 0.25) is 0 Å². The van der Waals surface area contributed by atoms with Crippen LogP contribution in [0.15, 0.2) is 60.8 Å². The molecule has 0 spiro atoms. The maximum atomic E-state index is 13.0. The number of rotatable bonds is 7. The summed E-state index contributed by atoms with van der Waals surface area (Å²) in [5.41, 5.74) is 2.77. The molecule has 1 amide bonds. The largest absolute Gasteiger partial charge is 0.573 e. The van der Waals surface area contributed by atoms with E-state index in [1.54, 1.807) is 18.2 Å². The summed E-state index contributed by atoms with van der Waals surface area (Å²) < 4.78 is 41.3. The lowest BCUT2D eigenvalue weighted by atomic mass is 10.0. The SMILES string of the molecule is O=C(NC1CCN(Cc2ccc(N3CCCCC3)nc2)CC1)c1ccc(Cl)c(-c2ccc(OC(F)(F)F)cc2)c1. The molecule has 1 N–H and O–H groups in total. The number of halogens is 4. The Morgan fingerprint density at radius 1 is 0.975 bits per heavy atom. The summed E-state index contributed by atoms with van der Waals surface area (Å²) in [6, 6.07) is 14.7. The van der Waals surface area contributed by atoms with Gasteiger partial charge >= 0.3 is 6.36 Å². The number of likely N-dealkylation sites (tertiary alicyclic amines) is 1. The first-order chi connectivity index (χ1) is 19.2. The topological polar surface area (TPSA) is 57.7 Å². The van der Waals surface area contributed by atoms with E-state index in [1.165, 1.54) is 49.1 Å². The number of amides is 1. The number of alkyl halides is 3. The minimum atomic E-state index is -4.76. The van der Waals surface area contributed by atoms with E-state index < -0.39 is 6.36 Å². The van der Waals surface area contributed by atoms with Gasteiger partial charge in [-0.05, 0) is 79.6 Å². The summed E-state index contributed by atoms with van der Waals surface area (Å²) >= 11 is 6.35. The van der Waals surface area contributed by atoms with E-state index in [9.17, 15) is 18.0 Å². The van der Waals surface area contributed by atoms with Gasteiger partial charge in [-0.15, -0.1) is 13.2 Å². The molecule has 6 nitrogen and oxygen atoms in total. The summed E-state index contributed by atoms with van der Waals surface area (Å²) in [4.78, 5) is 22.5. The third-order valence-corrected chi connectivity index (χ3v) is 7.78. The molecule has 5 rings (SSSR count). The average molecular weight is 573 g/mol. The minimum absolute atomic E-state index is 0.0567. The highest BCUT2D eigenvalue weighted by molar-refractivity contribution is 6.33. The highest BCUT2D eigenvalue weighted by Crippen LogP contribution is 2.32. The normalized spacial score (nSPS) is 17.1. The Kier molecular flexibility index (Phi) is 8.81. The van der Waals surface area contributed by atoms with Crippen molar-refractivity contribution < 1.29 is 22.7 Å². The monoisotopic (exact) mass is 572 g/mol. The fourth-order valence-electron chi connectivity index (χ4n) is 5.31. The van der Waals surface area contributed by atoms with Gasteiger partial charge in [-0.25, -0.2) is 4.98 Å². The van der Waals surface area contributed by atoms with Gasteiger partial charge in [0.25, 0.3) is 5.91 Å². The molecule has 10 heteroatoms. The van der Waals surface area contributed by atoms with Crippen molar-refractivity contribution in [3.63, 3.8) is 0 Å². The number of anilines is 1. The number of carbonyl (C=O) groups excluding carboxylic acids is 1. The number of nitrogens with one attached hydrogen (secondary N) is 1. The maximum Gasteiger partial charge on any atom is 0.573 e. The lowest BCUT2D eigenvalue weighted by molar-refractivity contribution is -0.274. The first-order valence-corrected chi connectivity index (χ1v) is 14.0. The molecule has 40 heavy (non-hydrogen) atoms. The molecule has 2 aromatic carbocycles. The van der Waals surface area contributed by atoms with Crippen LogP contribution in [0, 0.1) is 0 Å². The molecule has 2 aliphatic rings. The van der Waals surface area contributed by atoms with Crippen LogP contribution in [0.3, 0.4) is 0 Å². The second-order valence-corrected chi connectivity index (χ2v) is 10.8. The predicted molar refractivity (Wildman–Crippen MR) is 150 cm³/mol. The molecule has 0 aliphatic carbocycles. The molecular weight excluding hydrogens is 541 g/mol.